The Labute approximate surface area is 150 Å². The van der Waals surface area contributed by atoms with Crippen LogP contribution in [0, 0.1) is 10.1 Å². The number of benzene rings is 2. The number of nitro benzene ring substituents is 1. The second-order valence-corrected chi connectivity index (χ2v) is 6.21. The number of fused-ring (bicyclic) bond motifs is 1. The van der Waals surface area contributed by atoms with Crippen molar-refractivity contribution < 1.29 is 19.2 Å². The molecule has 132 valence electrons. The molecule has 1 heterocycles. The lowest BCUT2D eigenvalue weighted by atomic mass is 10.2. The number of esters is 1. The molecular formula is C16H12N4O5S. The molecule has 0 aliphatic rings. The Bertz CT molecular complexity index is 1000. The summed E-state index contributed by atoms with van der Waals surface area (Å²) in [5.74, 6) is -1.22. The van der Waals surface area contributed by atoms with Crippen molar-refractivity contribution in [1.82, 2.24) is 4.98 Å². The van der Waals surface area contributed by atoms with Crippen LogP contribution in [0.2, 0.25) is 0 Å². The van der Waals surface area contributed by atoms with Gasteiger partial charge in [-0.3, -0.25) is 20.2 Å². The lowest BCUT2D eigenvalue weighted by molar-refractivity contribution is -0.384. The third-order valence-electron chi connectivity index (χ3n) is 3.31. The first-order valence-corrected chi connectivity index (χ1v) is 8.11. The summed E-state index contributed by atoms with van der Waals surface area (Å²) in [6, 6.07) is 10.3. The van der Waals surface area contributed by atoms with Crippen molar-refractivity contribution >= 4 is 49.9 Å². The Morgan fingerprint density at radius 2 is 1.96 bits per heavy atom. The predicted molar refractivity (Wildman–Crippen MR) is 96.0 cm³/mol. The summed E-state index contributed by atoms with van der Waals surface area (Å²) >= 11 is 1.09. The maximum Gasteiger partial charge on any atom is 0.338 e. The fraction of sp³-hybridized carbons (Fsp3) is 0.0625. The number of nitrogens with zero attached hydrogens (tertiary/aromatic N) is 2. The molecule has 0 fully saturated rings. The van der Waals surface area contributed by atoms with Gasteiger partial charge in [-0.2, -0.15) is 0 Å². The molecule has 0 bridgehead atoms. The number of hydrogen-bond acceptors (Lipinski definition) is 8. The van der Waals surface area contributed by atoms with Gasteiger partial charge in [-0.15, -0.1) is 0 Å². The average Bonchev–Trinajstić information content (AvgIpc) is 3.01. The number of ether oxygens (including phenoxy) is 1. The van der Waals surface area contributed by atoms with Gasteiger partial charge in [0.1, 0.15) is 0 Å². The van der Waals surface area contributed by atoms with Crippen LogP contribution < -0.4 is 11.1 Å². The Hall–Kier alpha value is -3.53. The summed E-state index contributed by atoms with van der Waals surface area (Å²) in [5.41, 5.74) is 6.78. The van der Waals surface area contributed by atoms with Crippen LogP contribution in [0.25, 0.3) is 10.2 Å². The molecule has 0 aliphatic heterocycles. The fourth-order valence-electron chi connectivity index (χ4n) is 2.07. The van der Waals surface area contributed by atoms with Crippen LogP contribution in [-0.4, -0.2) is 28.4 Å². The highest BCUT2D eigenvalue weighted by Crippen LogP contribution is 2.29. The SMILES string of the molecule is Nc1ccc(C(=O)OCC(=O)Nc2nc3ccc([N+](=O)[O-])cc3s2)cc1. The third kappa shape index (κ3) is 3.92. The number of carbonyl (C=O) groups is 2. The van der Waals surface area contributed by atoms with Crippen LogP contribution in [0.3, 0.4) is 0 Å². The van der Waals surface area contributed by atoms with E-state index in [1.165, 1.54) is 30.3 Å². The van der Waals surface area contributed by atoms with Crippen LogP contribution >= 0.6 is 11.3 Å². The van der Waals surface area contributed by atoms with Crippen LogP contribution in [0.1, 0.15) is 10.4 Å². The molecule has 0 saturated heterocycles. The summed E-state index contributed by atoms with van der Waals surface area (Å²) in [6.45, 7) is -0.487. The van der Waals surface area contributed by atoms with Crippen LogP contribution in [0.4, 0.5) is 16.5 Å². The Kier molecular flexibility index (Phi) is 4.76. The Morgan fingerprint density at radius 3 is 2.65 bits per heavy atom. The van der Waals surface area contributed by atoms with E-state index in [0.29, 0.717) is 15.9 Å². The van der Waals surface area contributed by atoms with Crippen molar-refractivity contribution in [2.24, 2.45) is 0 Å². The molecule has 3 aromatic rings. The van der Waals surface area contributed by atoms with Gasteiger partial charge in [0.25, 0.3) is 11.6 Å². The number of amides is 1. The van der Waals surface area contributed by atoms with E-state index in [2.05, 4.69) is 10.3 Å². The van der Waals surface area contributed by atoms with E-state index in [-0.39, 0.29) is 16.4 Å². The van der Waals surface area contributed by atoms with Crippen LogP contribution in [0.5, 0.6) is 0 Å². The minimum Gasteiger partial charge on any atom is -0.452 e. The molecule has 1 amide bonds. The van der Waals surface area contributed by atoms with E-state index in [1.54, 1.807) is 12.1 Å². The lowest BCUT2D eigenvalue weighted by Gasteiger charge is -2.04. The quantitative estimate of drug-likeness (QED) is 0.304. The monoisotopic (exact) mass is 372 g/mol. The molecule has 0 spiro atoms. The zero-order chi connectivity index (χ0) is 18.7. The van der Waals surface area contributed by atoms with E-state index < -0.39 is 23.4 Å². The molecule has 9 nitrogen and oxygen atoms in total. The van der Waals surface area contributed by atoms with Gasteiger partial charge in [-0.1, -0.05) is 11.3 Å². The number of rotatable bonds is 5. The van der Waals surface area contributed by atoms with Gasteiger partial charge in [-0.05, 0) is 30.3 Å². The maximum atomic E-state index is 11.9. The highest BCUT2D eigenvalue weighted by atomic mass is 32.1. The average molecular weight is 372 g/mol. The first-order chi connectivity index (χ1) is 12.4. The van der Waals surface area contributed by atoms with Gasteiger partial charge in [0.2, 0.25) is 0 Å². The first-order valence-electron chi connectivity index (χ1n) is 7.30. The Balaban J connectivity index is 1.61. The number of nitrogens with two attached hydrogens (primary N) is 1. The highest BCUT2D eigenvalue weighted by molar-refractivity contribution is 7.22. The molecule has 0 saturated carbocycles. The Morgan fingerprint density at radius 1 is 1.23 bits per heavy atom. The van der Waals surface area contributed by atoms with Crippen molar-refractivity contribution in [2.45, 2.75) is 0 Å². The zero-order valence-electron chi connectivity index (χ0n) is 13.2. The van der Waals surface area contributed by atoms with Crippen molar-refractivity contribution in [1.29, 1.82) is 0 Å². The topological polar surface area (TPSA) is 137 Å². The summed E-state index contributed by atoms with van der Waals surface area (Å²) < 4.78 is 5.49. The lowest BCUT2D eigenvalue weighted by Crippen LogP contribution is -2.20. The molecule has 3 rings (SSSR count). The zero-order valence-corrected chi connectivity index (χ0v) is 14.0. The van der Waals surface area contributed by atoms with E-state index >= 15 is 0 Å². The number of nitrogen functional groups attached to an aromatic ring is 1. The van der Waals surface area contributed by atoms with Gasteiger partial charge in [0, 0.05) is 17.8 Å². The predicted octanol–water partition coefficient (Wildman–Crippen LogP) is 2.58. The molecule has 3 N–H and O–H groups in total. The molecule has 0 radical (unpaired) electrons. The van der Waals surface area contributed by atoms with Crippen molar-refractivity contribution in [3.63, 3.8) is 0 Å². The summed E-state index contributed by atoms with van der Waals surface area (Å²) in [4.78, 5) is 38.2. The molecule has 0 unspecified atom stereocenters. The van der Waals surface area contributed by atoms with Crippen molar-refractivity contribution in [3.8, 4) is 0 Å². The molecule has 0 atom stereocenters. The second kappa shape index (κ2) is 7.15. The normalized spacial score (nSPS) is 10.5. The van der Waals surface area contributed by atoms with E-state index in [9.17, 15) is 19.7 Å². The van der Waals surface area contributed by atoms with Crippen molar-refractivity contribution in [2.75, 3.05) is 17.7 Å². The number of carbonyl (C=O) groups excluding carboxylic acids is 2. The molecule has 1 aromatic heterocycles. The van der Waals surface area contributed by atoms with Crippen molar-refractivity contribution in [3.05, 3.63) is 58.1 Å². The number of nitro groups is 1. The number of nitrogens with one attached hydrogen (secondary N) is 1. The van der Waals surface area contributed by atoms with Crippen LogP contribution in [0.15, 0.2) is 42.5 Å². The summed E-state index contributed by atoms with van der Waals surface area (Å²) in [6.07, 6.45) is 0. The number of aromatic nitrogens is 1. The third-order valence-corrected chi connectivity index (χ3v) is 4.24. The largest absolute Gasteiger partial charge is 0.452 e. The van der Waals surface area contributed by atoms with Gasteiger partial charge in [0.05, 0.1) is 20.7 Å². The number of hydrogen-bond donors (Lipinski definition) is 2. The molecular weight excluding hydrogens is 360 g/mol. The highest BCUT2D eigenvalue weighted by Gasteiger charge is 2.14. The maximum absolute atomic E-state index is 11.9. The molecule has 2 aromatic carbocycles. The van der Waals surface area contributed by atoms with Gasteiger partial charge < -0.3 is 10.5 Å². The molecule has 10 heteroatoms. The van der Waals surface area contributed by atoms with E-state index in [1.807, 2.05) is 0 Å². The molecule has 26 heavy (non-hydrogen) atoms. The van der Waals surface area contributed by atoms with E-state index in [0.717, 1.165) is 11.3 Å². The number of thiazole rings is 1. The second-order valence-electron chi connectivity index (χ2n) is 5.17. The van der Waals surface area contributed by atoms with Gasteiger partial charge in [-0.25, -0.2) is 9.78 Å². The number of anilines is 2. The fourth-order valence-corrected chi connectivity index (χ4v) is 2.98. The van der Waals surface area contributed by atoms with Gasteiger partial charge >= 0.3 is 5.97 Å². The minimum atomic E-state index is -0.653. The first kappa shape index (κ1) is 17.3. The van der Waals surface area contributed by atoms with Crippen LogP contribution in [-0.2, 0) is 9.53 Å². The minimum absolute atomic E-state index is 0.0588. The summed E-state index contributed by atoms with van der Waals surface area (Å²) in [5, 5.41) is 13.5. The smallest absolute Gasteiger partial charge is 0.338 e. The summed E-state index contributed by atoms with van der Waals surface area (Å²) in [7, 11) is 0. The van der Waals surface area contributed by atoms with E-state index in [4.69, 9.17) is 10.5 Å². The van der Waals surface area contributed by atoms with Gasteiger partial charge in [0.15, 0.2) is 11.7 Å². The standard InChI is InChI=1S/C16H12N4O5S/c17-10-3-1-9(2-4-10)15(22)25-8-14(21)19-16-18-12-6-5-11(20(23)24)7-13(12)26-16/h1-7H,8,17H2,(H,18,19,21). The number of non-ortho nitro benzene ring substituents is 1. The molecule has 0 aliphatic carbocycles.